The topological polar surface area (TPSA) is 78.7 Å². The second-order valence-corrected chi connectivity index (χ2v) is 4.73. The van der Waals surface area contributed by atoms with Crippen molar-refractivity contribution in [3.63, 3.8) is 0 Å². The third-order valence-corrected chi connectivity index (χ3v) is 3.26. The smallest absolute Gasteiger partial charge is 0.280 e. The predicted molar refractivity (Wildman–Crippen MR) is 79.0 cm³/mol. The molecule has 0 spiro atoms. The maximum Gasteiger partial charge on any atom is 0.280 e. The van der Waals surface area contributed by atoms with Gasteiger partial charge in [0, 0.05) is 5.56 Å². The molecule has 0 radical (unpaired) electrons. The number of ketones is 1. The first kappa shape index (κ1) is 14.7. The van der Waals surface area contributed by atoms with Gasteiger partial charge in [-0.05, 0) is 42.5 Å². The van der Waals surface area contributed by atoms with Crippen LogP contribution in [0.25, 0.3) is 6.08 Å². The third kappa shape index (κ3) is 3.03. The highest BCUT2D eigenvalue weighted by atomic mass is 19.1. The van der Waals surface area contributed by atoms with E-state index in [1.807, 2.05) is 0 Å². The van der Waals surface area contributed by atoms with Gasteiger partial charge in [-0.3, -0.25) is 14.9 Å². The lowest BCUT2D eigenvalue weighted by Crippen LogP contribution is -1.95. The molecular formula is C16H10FNO5. The summed E-state index contributed by atoms with van der Waals surface area (Å²) in [4.78, 5) is 22.6. The van der Waals surface area contributed by atoms with Crippen molar-refractivity contribution in [2.24, 2.45) is 0 Å². The fraction of sp³-hybridized carbons (Fsp3) is 0.0625. The Kier molecular flexibility index (Phi) is 3.76. The molecule has 2 aromatic rings. The van der Waals surface area contributed by atoms with E-state index in [1.165, 1.54) is 48.6 Å². The molecule has 0 N–H and O–H groups in total. The van der Waals surface area contributed by atoms with Crippen LogP contribution in [0.4, 0.5) is 10.1 Å². The number of nitrogens with zero attached hydrogens (tertiary/aromatic N) is 1. The van der Waals surface area contributed by atoms with Gasteiger partial charge in [0.1, 0.15) is 5.82 Å². The summed E-state index contributed by atoms with van der Waals surface area (Å²) >= 11 is 0. The van der Waals surface area contributed by atoms with Crippen LogP contribution in [0.5, 0.6) is 11.5 Å². The molecule has 0 saturated carbocycles. The van der Waals surface area contributed by atoms with E-state index in [9.17, 15) is 19.3 Å². The van der Waals surface area contributed by atoms with Gasteiger partial charge in [0.25, 0.3) is 5.69 Å². The van der Waals surface area contributed by atoms with Crippen LogP contribution in [0.3, 0.4) is 0 Å². The van der Waals surface area contributed by atoms with E-state index >= 15 is 0 Å². The molecule has 6 nitrogen and oxygen atoms in total. The van der Waals surface area contributed by atoms with Crippen LogP contribution in [0.2, 0.25) is 0 Å². The highest BCUT2D eigenvalue weighted by Gasteiger charge is 2.22. The minimum absolute atomic E-state index is 0.00579. The van der Waals surface area contributed by atoms with Crippen molar-refractivity contribution >= 4 is 17.5 Å². The molecule has 116 valence electrons. The Bertz CT molecular complexity index is 814. The Hall–Kier alpha value is -3.22. The number of carbonyl (C=O) groups excluding carboxylic acids is 1. The van der Waals surface area contributed by atoms with Crippen molar-refractivity contribution in [2.45, 2.75) is 0 Å². The van der Waals surface area contributed by atoms with E-state index in [0.29, 0.717) is 11.5 Å². The Balaban J connectivity index is 1.91. The standard InChI is InChI=1S/C16H10FNO5/c17-12-4-1-10(2-5-12)14(19)6-3-11-7-15-16(23-9-22-15)8-13(11)18(20)21/h1-8H,9H2/b6-3+. The molecule has 2 aromatic carbocycles. The number of fused-ring (bicyclic) bond motifs is 1. The summed E-state index contributed by atoms with van der Waals surface area (Å²) < 4.78 is 23.1. The molecule has 1 aliphatic heterocycles. The van der Waals surface area contributed by atoms with Crippen molar-refractivity contribution in [3.05, 3.63) is 69.5 Å². The molecule has 0 fully saturated rings. The average molecular weight is 315 g/mol. The van der Waals surface area contributed by atoms with Crippen molar-refractivity contribution in [1.82, 2.24) is 0 Å². The Morgan fingerprint density at radius 2 is 1.83 bits per heavy atom. The molecule has 7 heteroatoms. The van der Waals surface area contributed by atoms with Gasteiger partial charge in [0.05, 0.1) is 16.6 Å². The fourth-order valence-corrected chi connectivity index (χ4v) is 2.11. The van der Waals surface area contributed by atoms with E-state index in [2.05, 4.69) is 0 Å². The zero-order valence-electron chi connectivity index (χ0n) is 11.7. The predicted octanol–water partition coefficient (Wildman–Crippen LogP) is 3.36. The molecule has 0 bridgehead atoms. The zero-order valence-corrected chi connectivity index (χ0v) is 11.7. The van der Waals surface area contributed by atoms with Gasteiger partial charge in [-0.25, -0.2) is 4.39 Å². The van der Waals surface area contributed by atoms with Gasteiger partial charge < -0.3 is 9.47 Å². The van der Waals surface area contributed by atoms with Crippen molar-refractivity contribution in [1.29, 1.82) is 0 Å². The number of ether oxygens (including phenoxy) is 2. The minimum Gasteiger partial charge on any atom is -0.454 e. The van der Waals surface area contributed by atoms with Gasteiger partial charge in [-0.1, -0.05) is 0 Å². The molecule has 0 atom stereocenters. The summed E-state index contributed by atoms with van der Waals surface area (Å²) in [5.41, 5.74) is 0.304. The monoisotopic (exact) mass is 315 g/mol. The molecule has 3 rings (SSSR count). The van der Waals surface area contributed by atoms with E-state index in [4.69, 9.17) is 9.47 Å². The number of halogens is 1. The molecule has 0 unspecified atom stereocenters. The van der Waals surface area contributed by atoms with E-state index < -0.39 is 16.5 Å². The Morgan fingerprint density at radius 3 is 2.48 bits per heavy atom. The van der Waals surface area contributed by atoms with Crippen LogP contribution in [-0.2, 0) is 0 Å². The maximum atomic E-state index is 12.8. The normalized spacial score (nSPS) is 12.6. The second-order valence-electron chi connectivity index (χ2n) is 4.73. The summed E-state index contributed by atoms with van der Waals surface area (Å²) in [7, 11) is 0. The third-order valence-electron chi connectivity index (χ3n) is 3.26. The largest absolute Gasteiger partial charge is 0.454 e. The van der Waals surface area contributed by atoms with Crippen LogP contribution < -0.4 is 9.47 Å². The number of allylic oxidation sites excluding steroid dienone is 1. The first-order valence-corrected chi connectivity index (χ1v) is 6.60. The van der Waals surface area contributed by atoms with Crippen LogP contribution in [0.15, 0.2) is 42.5 Å². The Labute approximate surface area is 129 Å². The van der Waals surface area contributed by atoms with E-state index in [-0.39, 0.29) is 23.6 Å². The Morgan fingerprint density at radius 1 is 1.17 bits per heavy atom. The van der Waals surface area contributed by atoms with E-state index in [0.717, 1.165) is 0 Å². The molecular weight excluding hydrogens is 305 g/mol. The number of carbonyl (C=O) groups is 1. The number of nitro groups is 1. The average Bonchev–Trinajstić information content (AvgIpc) is 2.99. The van der Waals surface area contributed by atoms with Crippen molar-refractivity contribution in [3.8, 4) is 11.5 Å². The summed E-state index contributed by atoms with van der Waals surface area (Å²) in [5, 5.41) is 11.1. The molecule has 0 amide bonds. The fourth-order valence-electron chi connectivity index (χ4n) is 2.11. The summed E-state index contributed by atoms with van der Waals surface area (Å²) in [6.07, 6.45) is 2.52. The van der Waals surface area contributed by atoms with Gasteiger partial charge in [0.2, 0.25) is 6.79 Å². The molecule has 0 aromatic heterocycles. The van der Waals surface area contributed by atoms with E-state index in [1.54, 1.807) is 0 Å². The quantitative estimate of drug-likeness (QED) is 0.374. The first-order valence-electron chi connectivity index (χ1n) is 6.60. The van der Waals surface area contributed by atoms with Gasteiger partial charge in [-0.15, -0.1) is 0 Å². The number of benzene rings is 2. The highest BCUT2D eigenvalue weighted by Crippen LogP contribution is 2.38. The first-order chi connectivity index (χ1) is 11.0. The van der Waals surface area contributed by atoms with Crippen LogP contribution >= 0.6 is 0 Å². The molecule has 1 heterocycles. The lowest BCUT2D eigenvalue weighted by Gasteiger charge is -2.01. The minimum atomic E-state index is -0.565. The van der Waals surface area contributed by atoms with Gasteiger partial charge in [0.15, 0.2) is 17.3 Å². The van der Waals surface area contributed by atoms with Gasteiger partial charge >= 0.3 is 0 Å². The highest BCUT2D eigenvalue weighted by molar-refractivity contribution is 6.07. The van der Waals surface area contributed by atoms with Crippen molar-refractivity contribution < 1.29 is 23.6 Å². The maximum absolute atomic E-state index is 12.8. The SMILES string of the molecule is O=C(/C=C/c1cc2c(cc1[N+](=O)[O-])OCO2)c1ccc(F)cc1. The van der Waals surface area contributed by atoms with Crippen LogP contribution in [-0.4, -0.2) is 17.5 Å². The van der Waals surface area contributed by atoms with Crippen molar-refractivity contribution in [2.75, 3.05) is 6.79 Å². The molecule has 0 aliphatic carbocycles. The molecule has 0 saturated heterocycles. The van der Waals surface area contributed by atoms with Crippen LogP contribution in [0.1, 0.15) is 15.9 Å². The zero-order chi connectivity index (χ0) is 16.4. The molecule has 1 aliphatic rings. The number of hydrogen-bond donors (Lipinski definition) is 0. The molecule has 23 heavy (non-hydrogen) atoms. The van der Waals surface area contributed by atoms with Gasteiger partial charge in [-0.2, -0.15) is 0 Å². The number of nitro benzene ring substituents is 1. The summed E-state index contributed by atoms with van der Waals surface area (Å²) in [6, 6.07) is 7.72. The summed E-state index contributed by atoms with van der Waals surface area (Å²) in [6.45, 7) is -0.00579. The summed E-state index contributed by atoms with van der Waals surface area (Å²) in [5.74, 6) is -0.169. The van der Waals surface area contributed by atoms with Crippen LogP contribution in [0, 0.1) is 15.9 Å². The lowest BCUT2D eigenvalue weighted by atomic mass is 10.1. The lowest BCUT2D eigenvalue weighted by molar-refractivity contribution is -0.385. The number of hydrogen-bond acceptors (Lipinski definition) is 5. The second kappa shape index (κ2) is 5.88. The number of rotatable bonds is 4.